The molecule has 0 aliphatic rings. The molecule has 3 N–H and O–H groups in total. The minimum atomic E-state index is -0.871. The van der Waals surface area contributed by atoms with Crippen LogP contribution in [0.1, 0.15) is 19.6 Å². The average Bonchev–Trinajstić information content (AvgIpc) is 3.03. The highest BCUT2D eigenvalue weighted by atomic mass is 32.2. The quantitative estimate of drug-likeness (QED) is 0.806. The van der Waals surface area contributed by atoms with Gasteiger partial charge < -0.3 is 14.7 Å². The van der Waals surface area contributed by atoms with E-state index in [1.807, 2.05) is 24.5 Å². The summed E-state index contributed by atoms with van der Waals surface area (Å²) >= 11 is 1.21. The summed E-state index contributed by atoms with van der Waals surface area (Å²) < 4.78 is 7.17. The number of carbonyl (C=O) groups is 2. The maximum absolute atomic E-state index is 11.7. The van der Waals surface area contributed by atoms with Gasteiger partial charge in [0.25, 0.3) is 0 Å². The van der Waals surface area contributed by atoms with Crippen LogP contribution in [-0.2, 0) is 11.3 Å². The number of furan rings is 1. The maximum atomic E-state index is 11.7. The number of urea groups is 1. The zero-order chi connectivity index (χ0) is 16.3. The summed E-state index contributed by atoms with van der Waals surface area (Å²) in [6.45, 7) is 6.11. The van der Waals surface area contributed by atoms with Gasteiger partial charge in [0.05, 0.1) is 17.1 Å². The standard InChI is InChI=1S/C13H17N5O3S/c1-4-18-10(9-5-6-21-7(9)2)16-17-13(18)22-8(3)11(19)15-12(14)20/h5-6,8H,4H2,1-3H3,(H3,14,15,19,20)/t8-/m1/s1. The number of imide groups is 1. The third-order valence-electron chi connectivity index (χ3n) is 3.03. The molecular weight excluding hydrogens is 306 g/mol. The fraction of sp³-hybridized carbons (Fsp3) is 0.385. The van der Waals surface area contributed by atoms with Gasteiger partial charge in [-0.1, -0.05) is 11.8 Å². The van der Waals surface area contributed by atoms with Crippen LogP contribution in [0.3, 0.4) is 0 Å². The van der Waals surface area contributed by atoms with Gasteiger partial charge in [0, 0.05) is 6.54 Å². The Bertz CT molecular complexity index is 694. The minimum absolute atomic E-state index is 0.468. The van der Waals surface area contributed by atoms with Crippen molar-refractivity contribution in [2.45, 2.75) is 37.7 Å². The van der Waals surface area contributed by atoms with Gasteiger partial charge in [-0.05, 0) is 26.8 Å². The number of aromatic nitrogens is 3. The van der Waals surface area contributed by atoms with Crippen LogP contribution in [0, 0.1) is 6.92 Å². The van der Waals surface area contributed by atoms with Gasteiger partial charge in [0.15, 0.2) is 11.0 Å². The predicted molar refractivity (Wildman–Crippen MR) is 81.2 cm³/mol. The summed E-state index contributed by atoms with van der Waals surface area (Å²) in [6, 6.07) is 0.951. The summed E-state index contributed by atoms with van der Waals surface area (Å²) in [7, 11) is 0. The van der Waals surface area contributed by atoms with E-state index < -0.39 is 17.2 Å². The van der Waals surface area contributed by atoms with Crippen LogP contribution in [0.4, 0.5) is 4.79 Å². The van der Waals surface area contributed by atoms with Crippen molar-refractivity contribution in [2.24, 2.45) is 5.73 Å². The first-order valence-corrected chi connectivity index (χ1v) is 7.56. The van der Waals surface area contributed by atoms with E-state index in [-0.39, 0.29) is 0 Å². The Labute approximate surface area is 131 Å². The molecule has 2 heterocycles. The highest BCUT2D eigenvalue weighted by Crippen LogP contribution is 2.28. The highest BCUT2D eigenvalue weighted by molar-refractivity contribution is 8.00. The molecule has 0 fully saturated rings. The van der Waals surface area contributed by atoms with Crippen molar-refractivity contribution >= 4 is 23.7 Å². The van der Waals surface area contributed by atoms with Gasteiger partial charge in [0.1, 0.15) is 5.76 Å². The molecule has 0 spiro atoms. The van der Waals surface area contributed by atoms with E-state index in [1.54, 1.807) is 13.2 Å². The van der Waals surface area contributed by atoms with Crippen LogP contribution in [0.2, 0.25) is 0 Å². The zero-order valence-electron chi connectivity index (χ0n) is 12.5. The molecular formula is C13H17N5O3S. The van der Waals surface area contributed by atoms with E-state index in [4.69, 9.17) is 10.2 Å². The molecule has 0 aliphatic heterocycles. The summed E-state index contributed by atoms with van der Waals surface area (Å²) in [5, 5.41) is 10.4. The number of amides is 3. The Hall–Kier alpha value is -2.29. The van der Waals surface area contributed by atoms with E-state index in [2.05, 4.69) is 15.5 Å². The summed E-state index contributed by atoms with van der Waals surface area (Å²) in [5.41, 5.74) is 5.80. The van der Waals surface area contributed by atoms with Gasteiger partial charge in [0.2, 0.25) is 5.91 Å². The van der Waals surface area contributed by atoms with Crippen LogP contribution in [-0.4, -0.2) is 32.0 Å². The summed E-state index contributed by atoms with van der Waals surface area (Å²) in [4.78, 5) is 22.5. The zero-order valence-corrected chi connectivity index (χ0v) is 13.3. The van der Waals surface area contributed by atoms with Crippen molar-refractivity contribution in [1.82, 2.24) is 20.1 Å². The number of hydrogen-bond donors (Lipinski definition) is 2. The van der Waals surface area contributed by atoms with E-state index >= 15 is 0 Å². The predicted octanol–water partition coefficient (Wildman–Crippen LogP) is 1.54. The van der Waals surface area contributed by atoms with E-state index in [0.29, 0.717) is 17.5 Å². The van der Waals surface area contributed by atoms with Gasteiger partial charge in [-0.15, -0.1) is 10.2 Å². The normalized spacial score (nSPS) is 12.1. The van der Waals surface area contributed by atoms with Crippen molar-refractivity contribution in [1.29, 1.82) is 0 Å². The number of hydrogen-bond acceptors (Lipinski definition) is 6. The molecule has 8 nitrogen and oxygen atoms in total. The number of nitrogens with two attached hydrogens (primary N) is 1. The molecule has 2 aromatic heterocycles. The van der Waals surface area contributed by atoms with Crippen LogP contribution < -0.4 is 11.1 Å². The molecule has 0 saturated carbocycles. The van der Waals surface area contributed by atoms with Gasteiger partial charge >= 0.3 is 6.03 Å². The number of carbonyl (C=O) groups excluding carboxylic acids is 2. The Kier molecular flexibility index (Phi) is 4.86. The molecule has 2 rings (SSSR count). The SMILES string of the molecule is CCn1c(S[C@H](C)C(=O)NC(N)=O)nnc1-c1ccoc1C. The topological polar surface area (TPSA) is 116 Å². The molecule has 3 amide bonds. The van der Waals surface area contributed by atoms with Crippen LogP contribution >= 0.6 is 11.8 Å². The summed E-state index contributed by atoms with van der Waals surface area (Å²) in [6.07, 6.45) is 1.59. The first-order valence-electron chi connectivity index (χ1n) is 6.68. The third kappa shape index (κ3) is 3.30. The lowest BCUT2D eigenvalue weighted by molar-refractivity contribution is -0.119. The summed E-state index contributed by atoms with van der Waals surface area (Å²) in [5.74, 6) is 0.959. The largest absolute Gasteiger partial charge is 0.469 e. The molecule has 0 bridgehead atoms. The smallest absolute Gasteiger partial charge is 0.318 e. The molecule has 2 aromatic rings. The number of primary amides is 1. The van der Waals surface area contributed by atoms with Crippen molar-refractivity contribution in [2.75, 3.05) is 0 Å². The van der Waals surface area contributed by atoms with Gasteiger partial charge in [-0.25, -0.2) is 4.79 Å². The number of nitrogens with zero attached hydrogens (tertiary/aromatic N) is 3. The van der Waals surface area contributed by atoms with Crippen LogP contribution in [0.25, 0.3) is 11.4 Å². The highest BCUT2D eigenvalue weighted by Gasteiger charge is 2.22. The number of aryl methyl sites for hydroxylation is 1. The second-order valence-electron chi connectivity index (χ2n) is 4.55. The Morgan fingerprint density at radius 2 is 2.23 bits per heavy atom. The molecule has 22 heavy (non-hydrogen) atoms. The van der Waals surface area contributed by atoms with Crippen LogP contribution in [0.5, 0.6) is 0 Å². The molecule has 0 aromatic carbocycles. The lowest BCUT2D eigenvalue weighted by Gasteiger charge is -2.11. The molecule has 0 aliphatic carbocycles. The first kappa shape index (κ1) is 16.1. The average molecular weight is 323 g/mol. The Morgan fingerprint density at radius 3 is 2.77 bits per heavy atom. The lowest BCUT2D eigenvalue weighted by Crippen LogP contribution is -2.39. The second-order valence-corrected chi connectivity index (χ2v) is 5.86. The monoisotopic (exact) mass is 323 g/mol. The van der Waals surface area contributed by atoms with Crippen molar-refractivity contribution in [3.05, 3.63) is 18.1 Å². The second kappa shape index (κ2) is 6.65. The van der Waals surface area contributed by atoms with Crippen molar-refractivity contribution in [3.63, 3.8) is 0 Å². The molecule has 118 valence electrons. The molecule has 0 unspecified atom stereocenters. The van der Waals surface area contributed by atoms with E-state index in [1.165, 1.54) is 11.8 Å². The van der Waals surface area contributed by atoms with E-state index in [0.717, 1.165) is 11.3 Å². The third-order valence-corrected chi connectivity index (χ3v) is 4.11. The maximum Gasteiger partial charge on any atom is 0.318 e. The molecule has 0 radical (unpaired) electrons. The molecule has 0 saturated heterocycles. The lowest BCUT2D eigenvalue weighted by atomic mass is 10.2. The Balaban J connectivity index is 2.23. The Morgan fingerprint density at radius 1 is 1.50 bits per heavy atom. The number of thioether (sulfide) groups is 1. The fourth-order valence-corrected chi connectivity index (χ4v) is 2.82. The van der Waals surface area contributed by atoms with Gasteiger partial charge in [-0.2, -0.15) is 0 Å². The van der Waals surface area contributed by atoms with Crippen LogP contribution in [0.15, 0.2) is 21.9 Å². The number of rotatable bonds is 5. The minimum Gasteiger partial charge on any atom is -0.469 e. The van der Waals surface area contributed by atoms with E-state index in [9.17, 15) is 9.59 Å². The molecule has 9 heteroatoms. The number of nitrogens with one attached hydrogen (secondary N) is 1. The van der Waals surface area contributed by atoms with Crippen molar-refractivity contribution in [3.8, 4) is 11.4 Å². The fourth-order valence-electron chi connectivity index (χ4n) is 1.91. The van der Waals surface area contributed by atoms with Gasteiger partial charge in [-0.3, -0.25) is 10.1 Å². The van der Waals surface area contributed by atoms with Crippen molar-refractivity contribution < 1.29 is 14.0 Å². The molecule has 1 atom stereocenters. The first-order chi connectivity index (χ1) is 10.4.